The molecule has 8 heteroatoms. The van der Waals surface area contributed by atoms with E-state index in [1.54, 1.807) is 6.07 Å². The number of carbonyl (C=O) groups excluding carboxylic acids is 1. The minimum Gasteiger partial charge on any atom is -0.493 e. The second-order valence-corrected chi connectivity index (χ2v) is 8.35. The highest BCUT2D eigenvalue weighted by atomic mass is 35.5. The predicted molar refractivity (Wildman–Crippen MR) is 126 cm³/mol. The third-order valence-electron chi connectivity index (χ3n) is 4.90. The number of carbonyl (C=O) groups is 1. The van der Waals surface area contributed by atoms with Crippen LogP contribution < -0.4 is 15.0 Å². The van der Waals surface area contributed by atoms with Crippen molar-refractivity contribution in [1.82, 2.24) is 4.98 Å². The van der Waals surface area contributed by atoms with Gasteiger partial charge in [0, 0.05) is 23.5 Å². The van der Waals surface area contributed by atoms with Crippen molar-refractivity contribution in [1.29, 1.82) is 0 Å². The fourth-order valence-corrected chi connectivity index (χ4v) is 4.51. The molecule has 0 atom stereocenters. The van der Waals surface area contributed by atoms with Gasteiger partial charge in [0.25, 0.3) is 0 Å². The molecule has 2 aromatic carbocycles. The largest absolute Gasteiger partial charge is 0.493 e. The summed E-state index contributed by atoms with van der Waals surface area (Å²) in [5.41, 5.74) is 3.31. The lowest BCUT2D eigenvalue weighted by Crippen LogP contribution is -2.36. The lowest BCUT2D eigenvalue weighted by Gasteiger charge is -2.30. The molecule has 31 heavy (non-hydrogen) atoms. The minimum atomic E-state index is -0.133. The highest BCUT2D eigenvalue weighted by Gasteiger charge is 2.18. The Morgan fingerprint density at radius 3 is 2.87 bits per heavy atom. The van der Waals surface area contributed by atoms with Crippen LogP contribution in [0.1, 0.15) is 12.6 Å². The second kappa shape index (κ2) is 10.1. The van der Waals surface area contributed by atoms with Crippen LogP contribution in [0.2, 0.25) is 5.02 Å². The molecule has 1 aliphatic rings. The van der Waals surface area contributed by atoms with Gasteiger partial charge >= 0.3 is 0 Å². The SMILES string of the molecule is CCOc1ccccc1-c1nc(CC(=O)Nc2cc(Cl)ccc2N2CCOCC2)cs1. The van der Waals surface area contributed by atoms with Crippen LogP contribution in [0, 0.1) is 0 Å². The number of halogens is 1. The van der Waals surface area contributed by atoms with Crippen LogP contribution in [0.15, 0.2) is 47.8 Å². The van der Waals surface area contributed by atoms with Gasteiger partial charge in [-0.1, -0.05) is 23.7 Å². The van der Waals surface area contributed by atoms with Crippen LogP contribution in [0.25, 0.3) is 10.6 Å². The lowest BCUT2D eigenvalue weighted by atomic mass is 10.2. The normalized spacial score (nSPS) is 13.8. The van der Waals surface area contributed by atoms with Crippen molar-refractivity contribution in [2.24, 2.45) is 0 Å². The number of amides is 1. The van der Waals surface area contributed by atoms with Gasteiger partial charge in [-0.25, -0.2) is 4.98 Å². The van der Waals surface area contributed by atoms with E-state index < -0.39 is 0 Å². The number of thiazole rings is 1. The average molecular weight is 458 g/mol. The van der Waals surface area contributed by atoms with E-state index in [9.17, 15) is 4.79 Å². The van der Waals surface area contributed by atoms with Gasteiger partial charge in [0.1, 0.15) is 10.8 Å². The Labute approximate surface area is 190 Å². The Morgan fingerprint density at radius 2 is 2.06 bits per heavy atom. The molecule has 1 saturated heterocycles. The van der Waals surface area contributed by atoms with E-state index in [4.69, 9.17) is 21.1 Å². The molecule has 0 radical (unpaired) electrons. The maximum Gasteiger partial charge on any atom is 0.230 e. The zero-order valence-electron chi connectivity index (χ0n) is 17.3. The maximum absolute atomic E-state index is 12.8. The molecule has 162 valence electrons. The van der Waals surface area contributed by atoms with Gasteiger partial charge in [-0.15, -0.1) is 11.3 Å². The zero-order valence-corrected chi connectivity index (χ0v) is 18.8. The maximum atomic E-state index is 12.8. The first-order chi connectivity index (χ1) is 15.1. The van der Waals surface area contributed by atoms with Gasteiger partial charge < -0.3 is 19.7 Å². The van der Waals surface area contributed by atoms with Gasteiger partial charge in [-0.2, -0.15) is 0 Å². The van der Waals surface area contributed by atoms with Crippen LogP contribution in [-0.4, -0.2) is 43.8 Å². The van der Waals surface area contributed by atoms with Crippen molar-refractivity contribution in [3.05, 3.63) is 58.6 Å². The lowest BCUT2D eigenvalue weighted by molar-refractivity contribution is -0.115. The molecule has 1 N–H and O–H groups in total. The molecule has 0 bridgehead atoms. The number of nitrogens with one attached hydrogen (secondary N) is 1. The number of hydrogen-bond acceptors (Lipinski definition) is 6. The molecule has 1 amide bonds. The molecule has 3 aromatic rings. The minimum absolute atomic E-state index is 0.133. The van der Waals surface area contributed by atoms with Gasteiger partial charge in [-0.3, -0.25) is 4.79 Å². The Morgan fingerprint density at radius 1 is 1.26 bits per heavy atom. The number of nitrogens with zero attached hydrogens (tertiary/aromatic N) is 2. The molecule has 1 aliphatic heterocycles. The number of ether oxygens (including phenoxy) is 2. The van der Waals surface area contributed by atoms with Crippen molar-refractivity contribution < 1.29 is 14.3 Å². The fraction of sp³-hybridized carbons (Fsp3) is 0.304. The van der Waals surface area contributed by atoms with E-state index in [2.05, 4.69) is 15.2 Å². The summed E-state index contributed by atoms with van der Waals surface area (Å²) in [5, 5.41) is 6.34. The van der Waals surface area contributed by atoms with Crippen LogP contribution in [0.3, 0.4) is 0 Å². The summed E-state index contributed by atoms with van der Waals surface area (Å²) in [6.45, 7) is 5.43. The first-order valence-electron chi connectivity index (χ1n) is 10.2. The molecule has 0 aliphatic carbocycles. The fourth-order valence-electron chi connectivity index (χ4n) is 3.48. The number of rotatable bonds is 7. The third kappa shape index (κ3) is 5.36. The average Bonchev–Trinajstić information content (AvgIpc) is 3.23. The van der Waals surface area contributed by atoms with Crippen molar-refractivity contribution in [2.75, 3.05) is 43.1 Å². The van der Waals surface area contributed by atoms with E-state index >= 15 is 0 Å². The summed E-state index contributed by atoms with van der Waals surface area (Å²) in [4.78, 5) is 19.6. The van der Waals surface area contributed by atoms with E-state index in [0.29, 0.717) is 30.5 Å². The predicted octanol–water partition coefficient (Wildman–Crippen LogP) is 4.88. The smallest absolute Gasteiger partial charge is 0.230 e. The zero-order chi connectivity index (χ0) is 21.6. The van der Waals surface area contributed by atoms with E-state index in [1.807, 2.05) is 48.7 Å². The number of para-hydroxylation sites is 1. The molecular formula is C23H24ClN3O3S. The molecule has 4 rings (SSSR count). The number of aromatic nitrogens is 1. The van der Waals surface area contributed by atoms with E-state index in [0.717, 1.165) is 40.8 Å². The Kier molecular flexibility index (Phi) is 7.06. The second-order valence-electron chi connectivity index (χ2n) is 7.06. The van der Waals surface area contributed by atoms with Crippen LogP contribution >= 0.6 is 22.9 Å². The van der Waals surface area contributed by atoms with Crippen molar-refractivity contribution in [3.8, 4) is 16.3 Å². The number of morpholine rings is 1. The topological polar surface area (TPSA) is 63.7 Å². The molecule has 2 heterocycles. The molecular weight excluding hydrogens is 434 g/mol. The van der Waals surface area contributed by atoms with Crippen molar-refractivity contribution in [3.63, 3.8) is 0 Å². The van der Waals surface area contributed by atoms with Crippen molar-refractivity contribution in [2.45, 2.75) is 13.3 Å². The standard InChI is InChI=1S/C23H24ClN3O3S/c1-2-30-21-6-4-3-5-18(21)23-25-17(15-31-23)14-22(28)26-19-13-16(24)7-8-20(19)27-9-11-29-12-10-27/h3-8,13,15H,2,9-12,14H2,1H3,(H,26,28). The quantitative estimate of drug-likeness (QED) is 0.547. The number of anilines is 2. The van der Waals surface area contributed by atoms with Gasteiger partial charge in [0.05, 0.1) is 48.9 Å². The summed E-state index contributed by atoms with van der Waals surface area (Å²) < 4.78 is 11.1. The Balaban J connectivity index is 1.48. The van der Waals surface area contributed by atoms with E-state index in [1.165, 1.54) is 11.3 Å². The highest BCUT2D eigenvalue weighted by Crippen LogP contribution is 2.33. The summed E-state index contributed by atoms with van der Waals surface area (Å²) in [7, 11) is 0. The number of hydrogen-bond donors (Lipinski definition) is 1. The van der Waals surface area contributed by atoms with Crippen LogP contribution in [0.4, 0.5) is 11.4 Å². The highest BCUT2D eigenvalue weighted by molar-refractivity contribution is 7.13. The summed E-state index contributed by atoms with van der Waals surface area (Å²) >= 11 is 7.70. The first-order valence-corrected chi connectivity index (χ1v) is 11.5. The third-order valence-corrected chi connectivity index (χ3v) is 6.05. The van der Waals surface area contributed by atoms with Crippen molar-refractivity contribution >= 4 is 40.2 Å². The summed E-state index contributed by atoms with van der Waals surface area (Å²) in [6.07, 6.45) is 0.183. The number of benzene rings is 2. The van der Waals surface area contributed by atoms with Crippen LogP contribution in [0.5, 0.6) is 5.75 Å². The van der Waals surface area contributed by atoms with E-state index in [-0.39, 0.29) is 12.3 Å². The van der Waals surface area contributed by atoms with Gasteiger partial charge in [0.15, 0.2) is 0 Å². The Hall–Kier alpha value is -2.61. The molecule has 1 aromatic heterocycles. The molecule has 0 unspecified atom stereocenters. The molecule has 6 nitrogen and oxygen atoms in total. The molecule has 0 saturated carbocycles. The summed E-state index contributed by atoms with van der Waals surface area (Å²) in [6, 6.07) is 13.4. The first kappa shape index (κ1) is 21.6. The molecule has 0 spiro atoms. The van der Waals surface area contributed by atoms with Gasteiger partial charge in [0.2, 0.25) is 5.91 Å². The summed E-state index contributed by atoms with van der Waals surface area (Å²) in [5.74, 6) is 0.663. The Bertz CT molecular complexity index is 1050. The van der Waals surface area contributed by atoms with Gasteiger partial charge in [-0.05, 0) is 37.3 Å². The van der Waals surface area contributed by atoms with Crippen LogP contribution in [-0.2, 0) is 16.0 Å². The molecule has 1 fully saturated rings. The monoisotopic (exact) mass is 457 g/mol.